The van der Waals surface area contributed by atoms with Gasteiger partial charge in [0.25, 0.3) is 5.91 Å². The first kappa shape index (κ1) is 21.2. The topological polar surface area (TPSA) is 77.7 Å². The van der Waals surface area contributed by atoms with Crippen LogP contribution in [0.5, 0.6) is 5.75 Å². The Balaban J connectivity index is 1.37. The molecule has 1 atom stereocenters. The summed E-state index contributed by atoms with van der Waals surface area (Å²) in [5, 5.41) is 0.830. The highest BCUT2D eigenvalue weighted by atomic mass is 19.4. The second kappa shape index (κ2) is 7.59. The molecule has 9 heteroatoms. The number of carbonyl (C=O) groups is 1. The molecule has 0 saturated heterocycles. The fourth-order valence-corrected chi connectivity index (χ4v) is 4.83. The van der Waals surface area contributed by atoms with Crippen molar-refractivity contribution in [1.29, 1.82) is 0 Å². The fraction of sp³-hybridized carbons (Fsp3) is 0.360. The molecule has 3 aliphatic rings. The smallest absolute Gasteiger partial charge is 0.416 e. The SMILES string of the molecule is Nc1nc2ccc(C(=O)N(CC3CC3)[C@@H]3COc4cc(C(F)(F)F)ccc43)cc2c2c1COC2. The Kier molecular flexibility index (Phi) is 4.74. The van der Waals surface area contributed by atoms with Crippen LogP contribution in [0, 0.1) is 5.92 Å². The first-order chi connectivity index (χ1) is 16.3. The molecular formula is C25H22F3N3O3. The molecule has 34 heavy (non-hydrogen) atoms. The van der Waals surface area contributed by atoms with E-state index in [0.717, 1.165) is 41.5 Å². The number of hydrogen-bond acceptors (Lipinski definition) is 5. The average molecular weight is 469 g/mol. The molecule has 1 amide bonds. The first-order valence-electron chi connectivity index (χ1n) is 11.2. The standard InChI is InChI=1S/C25H22F3N3O3/c26-25(27,28)15-4-5-16-21(12-34-22(16)8-15)31(9-13-1-2-13)24(32)14-3-6-20-17(7-14)18-10-33-11-19(18)23(29)30-20/h3-8,13,21H,1-2,9-12H2,(H2,29,30)/t21-/m1/s1. The van der Waals surface area contributed by atoms with Gasteiger partial charge in [0.1, 0.15) is 18.2 Å². The lowest BCUT2D eigenvalue weighted by atomic mass is 10.0. The zero-order valence-electron chi connectivity index (χ0n) is 18.2. The molecule has 3 heterocycles. The van der Waals surface area contributed by atoms with Crippen molar-refractivity contribution >= 4 is 22.6 Å². The predicted octanol–water partition coefficient (Wildman–Crippen LogP) is 4.85. The summed E-state index contributed by atoms with van der Waals surface area (Å²) in [6.45, 7) is 1.47. The van der Waals surface area contributed by atoms with Gasteiger partial charge in [0, 0.05) is 28.6 Å². The number of alkyl halides is 3. The third-order valence-electron chi connectivity index (χ3n) is 6.86. The summed E-state index contributed by atoms with van der Waals surface area (Å²) >= 11 is 0. The van der Waals surface area contributed by atoms with Gasteiger partial charge in [-0.1, -0.05) is 6.07 Å². The number of nitrogens with zero attached hydrogens (tertiary/aromatic N) is 2. The van der Waals surface area contributed by atoms with Gasteiger partial charge in [-0.2, -0.15) is 13.2 Å². The predicted molar refractivity (Wildman–Crippen MR) is 118 cm³/mol. The zero-order chi connectivity index (χ0) is 23.6. The van der Waals surface area contributed by atoms with Gasteiger partial charge in [-0.05, 0) is 54.7 Å². The monoisotopic (exact) mass is 469 g/mol. The third kappa shape index (κ3) is 3.55. The molecule has 3 aromatic rings. The molecule has 6 rings (SSSR count). The summed E-state index contributed by atoms with van der Waals surface area (Å²) in [6, 6.07) is 8.38. The second-order valence-electron chi connectivity index (χ2n) is 9.16. The van der Waals surface area contributed by atoms with Gasteiger partial charge in [-0.3, -0.25) is 4.79 Å². The number of nitrogen functional groups attached to an aromatic ring is 1. The van der Waals surface area contributed by atoms with Crippen LogP contribution in [0.2, 0.25) is 0 Å². The van der Waals surface area contributed by atoms with Crippen molar-refractivity contribution < 1.29 is 27.4 Å². The number of fused-ring (bicyclic) bond motifs is 4. The molecule has 0 unspecified atom stereocenters. The van der Waals surface area contributed by atoms with Crippen molar-refractivity contribution in [3.63, 3.8) is 0 Å². The van der Waals surface area contributed by atoms with Gasteiger partial charge in [0.2, 0.25) is 0 Å². The number of carbonyl (C=O) groups excluding carboxylic acids is 1. The van der Waals surface area contributed by atoms with Crippen molar-refractivity contribution in [2.45, 2.75) is 38.3 Å². The number of nitrogens with two attached hydrogens (primary N) is 1. The van der Waals surface area contributed by atoms with E-state index in [4.69, 9.17) is 15.2 Å². The maximum Gasteiger partial charge on any atom is 0.416 e. The van der Waals surface area contributed by atoms with Crippen LogP contribution in [0.3, 0.4) is 0 Å². The van der Waals surface area contributed by atoms with Crippen molar-refractivity contribution in [2.24, 2.45) is 5.92 Å². The third-order valence-corrected chi connectivity index (χ3v) is 6.86. The van der Waals surface area contributed by atoms with Crippen LogP contribution in [-0.4, -0.2) is 28.9 Å². The van der Waals surface area contributed by atoms with Crippen LogP contribution in [0.15, 0.2) is 36.4 Å². The summed E-state index contributed by atoms with van der Waals surface area (Å²) in [6.07, 6.45) is -2.39. The van der Waals surface area contributed by atoms with Crippen LogP contribution >= 0.6 is 0 Å². The molecule has 2 N–H and O–H groups in total. The molecule has 6 nitrogen and oxygen atoms in total. The highest BCUT2D eigenvalue weighted by molar-refractivity contribution is 5.99. The Hall–Kier alpha value is -3.33. The van der Waals surface area contributed by atoms with Crippen molar-refractivity contribution in [1.82, 2.24) is 9.88 Å². The number of anilines is 1. The van der Waals surface area contributed by atoms with E-state index in [1.165, 1.54) is 6.07 Å². The van der Waals surface area contributed by atoms with Crippen molar-refractivity contribution in [3.8, 4) is 5.75 Å². The van der Waals surface area contributed by atoms with E-state index < -0.39 is 17.8 Å². The number of benzene rings is 2. The molecule has 0 radical (unpaired) electrons. The van der Waals surface area contributed by atoms with E-state index in [9.17, 15) is 18.0 Å². The summed E-state index contributed by atoms with van der Waals surface area (Å²) in [5.41, 5.74) is 8.89. The molecule has 0 spiro atoms. The quantitative estimate of drug-likeness (QED) is 0.591. The van der Waals surface area contributed by atoms with Crippen LogP contribution < -0.4 is 10.5 Å². The number of pyridine rings is 1. The van der Waals surface area contributed by atoms with Gasteiger partial charge in [0.15, 0.2) is 0 Å². The van der Waals surface area contributed by atoms with E-state index in [1.54, 1.807) is 17.0 Å². The van der Waals surface area contributed by atoms with E-state index in [2.05, 4.69) is 4.98 Å². The van der Waals surface area contributed by atoms with E-state index in [0.29, 0.717) is 48.1 Å². The molecule has 1 aromatic heterocycles. The Labute approximate surface area is 193 Å². The molecule has 1 aliphatic carbocycles. The minimum Gasteiger partial charge on any atom is -0.491 e. The minimum absolute atomic E-state index is 0.129. The van der Waals surface area contributed by atoms with Crippen molar-refractivity contribution in [2.75, 3.05) is 18.9 Å². The van der Waals surface area contributed by atoms with Gasteiger partial charge in [-0.25, -0.2) is 4.98 Å². The molecular weight excluding hydrogens is 447 g/mol. The van der Waals surface area contributed by atoms with Gasteiger partial charge in [0.05, 0.1) is 30.3 Å². The molecule has 176 valence electrons. The number of amides is 1. The van der Waals surface area contributed by atoms with E-state index in [-0.39, 0.29) is 18.3 Å². The van der Waals surface area contributed by atoms with E-state index >= 15 is 0 Å². The van der Waals surface area contributed by atoms with Crippen LogP contribution in [0.4, 0.5) is 19.0 Å². The Bertz CT molecular complexity index is 1320. The number of rotatable bonds is 4. The zero-order valence-corrected chi connectivity index (χ0v) is 18.2. The fourth-order valence-electron chi connectivity index (χ4n) is 4.83. The summed E-state index contributed by atoms with van der Waals surface area (Å²) in [7, 11) is 0. The summed E-state index contributed by atoms with van der Waals surface area (Å²) in [5.74, 6) is 0.829. The highest BCUT2D eigenvalue weighted by Crippen LogP contribution is 2.43. The molecule has 2 aromatic carbocycles. The number of ether oxygens (including phenoxy) is 2. The maximum atomic E-state index is 13.8. The summed E-state index contributed by atoms with van der Waals surface area (Å²) in [4.78, 5) is 20.0. The number of aromatic nitrogens is 1. The van der Waals surface area contributed by atoms with Gasteiger partial charge >= 0.3 is 6.18 Å². The first-order valence-corrected chi connectivity index (χ1v) is 11.2. The Morgan fingerprint density at radius 1 is 1.12 bits per heavy atom. The van der Waals surface area contributed by atoms with Crippen molar-refractivity contribution in [3.05, 3.63) is 64.2 Å². The Morgan fingerprint density at radius 2 is 1.91 bits per heavy atom. The van der Waals surface area contributed by atoms with Crippen LogP contribution in [0.25, 0.3) is 10.9 Å². The lowest BCUT2D eigenvalue weighted by Crippen LogP contribution is -2.37. The second-order valence-corrected chi connectivity index (χ2v) is 9.16. The number of hydrogen-bond donors (Lipinski definition) is 1. The van der Waals surface area contributed by atoms with E-state index in [1.807, 2.05) is 6.07 Å². The van der Waals surface area contributed by atoms with Gasteiger partial charge < -0.3 is 20.1 Å². The highest BCUT2D eigenvalue weighted by Gasteiger charge is 2.39. The lowest BCUT2D eigenvalue weighted by molar-refractivity contribution is -0.137. The van der Waals surface area contributed by atoms with Crippen LogP contribution in [-0.2, 0) is 24.1 Å². The normalized spacial score (nSPS) is 19.1. The molecule has 2 aliphatic heterocycles. The average Bonchev–Trinajstić information content (AvgIpc) is 3.31. The summed E-state index contributed by atoms with van der Waals surface area (Å²) < 4.78 is 50.6. The minimum atomic E-state index is -4.45. The molecule has 0 bridgehead atoms. The maximum absolute atomic E-state index is 13.8. The largest absolute Gasteiger partial charge is 0.491 e. The van der Waals surface area contributed by atoms with Gasteiger partial charge in [-0.15, -0.1) is 0 Å². The number of halogens is 3. The lowest BCUT2D eigenvalue weighted by Gasteiger charge is -2.29. The Morgan fingerprint density at radius 3 is 2.68 bits per heavy atom. The van der Waals surface area contributed by atoms with Crippen LogP contribution in [0.1, 0.15) is 51.5 Å². The molecule has 1 fully saturated rings. The molecule has 1 saturated carbocycles.